The Morgan fingerprint density at radius 3 is 2.47 bits per heavy atom. The van der Waals surface area contributed by atoms with Gasteiger partial charge in [0.1, 0.15) is 11.6 Å². The van der Waals surface area contributed by atoms with E-state index in [1.807, 2.05) is 24.3 Å². The highest BCUT2D eigenvalue weighted by molar-refractivity contribution is 5.77. The molecule has 0 saturated carbocycles. The lowest BCUT2D eigenvalue weighted by Gasteiger charge is -2.10. The molecule has 156 valence electrons. The number of benzene rings is 2. The van der Waals surface area contributed by atoms with Gasteiger partial charge < -0.3 is 10.1 Å². The highest BCUT2D eigenvalue weighted by Crippen LogP contribution is 2.18. The van der Waals surface area contributed by atoms with E-state index in [1.165, 1.54) is 34.7 Å². The van der Waals surface area contributed by atoms with E-state index in [1.54, 1.807) is 12.1 Å². The quantitative estimate of drug-likeness (QED) is 0.619. The Kier molecular flexibility index (Phi) is 6.95. The van der Waals surface area contributed by atoms with Gasteiger partial charge in [0.15, 0.2) is 6.61 Å². The van der Waals surface area contributed by atoms with Crippen LogP contribution < -0.4 is 15.6 Å². The normalized spacial score (nSPS) is 10.8. The van der Waals surface area contributed by atoms with E-state index in [0.717, 1.165) is 0 Å². The topological polar surface area (TPSA) is 73.2 Å². The van der Waals surface area contributed by atoms with Gasteiger partial charge in [0.05, 0.1) is 12.0 Å². The van der Waals surface area contributed by atoms with Crippen LogP contribution in [0.25, 0.3) is 11.3 Å². The van der Waals surface area contributed by atoms with Crippen molar-refractivity contribution in [2.75, 3.05) is 13.2 Å². The molecule has 1 amide bonds. The molecule has 0 aliphatic rings. The van der Waals surface area contributed by atoms with Crippen molar-refractivity contribution >= 4 is 5.91 Å². The molecule has 0 fully saturated rings. The summed E-state index contributed by atoms with van der Waals surface area (Å²) in [5.41, 5.74) is 2.08. The molecular formula is C23H24FN3O3. The van der Waals surface area contributed by atoms with Gasteiger partial charge in [-0.05, 0) is 47.9 Å². The van der Waals surface area contributed by atoms with Crippen LogP contribution in [0.15, 0.2) is 65.7 Å². The molecule has 0 saturated heterocycles. The molecule has 1 heterocycles. The van der Waals surface area contributed by atoms with Crippen LogP contribution in [0.3, 0.4) is 0 Å². The predicted octanol–water partition coefficient (Wildman–Crippen LogP) is 3.37. The molecule has 30 heavy (non-hydrogen) atoms. The van der Waals surface area contributed by atoms with Crippen LogP contribution in [0, 0.1) is 5.82 Å². The summed E-state index contributed by atoms with van der Waals surface area (Å²) in [5, 5.41) is 2.72. The van der Waals surface area contributed by atoms with Crippen LogP contribution in [0.1, 0.15) is 25.3 Å². The Hall–Kier alpha value is -3.48. The van der Waals surface area contributed by atoms with Crippen molar-refractivity contribution in [1.29, 1.82) is 0 Å². The first kappa shape index (κ1) is 21.2. The van der Waals surface area contributed by atoms with E-state index < -0.39 is 0 Å². The summed E-state index contributed by atoms with van der Waals surface area (Å²) < 4.78 is 19.9. The van der Waals surface area contributed by atoms with Crippen molar-refractivity contribution in [3.05, 3.63) is 82.7 Å². The van der Waals surface area contributed by atoms with Crippen LogP contribution in [0.4, 0.5) is 4.39 Å². The average molecular weight is 409 g/mol. The molecule has 0 bridgehead atoms. The number of aromatic nitrogens is 2. The zero-order chi connectivity index (χ0) is 21.5. The lowest BCUT2D eigenvalue weighted by Crippen LogP contribution is -2.33. The molecule has 0 radical (unpaired) electrons. The Morgan fingerprint density at radius 2 is 1.83 bits per heavy atom. The minimum atomic E-state index is -0.348. The number of nitrogens with one attached hydrogen (secondary N) is 1. The van der Waals surface area contributed by atoms with Crippen LogP contribution in [0.2, 0.25) is 0 Å². The second-order valence-electron chi connectivity index (χ2n) is 7.18. The Labute approximate surface area is 174 Å². The third kappa shape index (κ3) is 5.76. The number of rotatable bonds is 8. The molecule has 0 atom stereocenters. The first-order chi connectivity index (χ1) is 14.4. The van der Waals surface area contributed by atoms with E-state index in [9.17, 15) is 14.0 Å². The largest absolute Gasteiger partial charge is 0.484 e. The third-order valence-corrected chi connectivity index (χ3v) is 4.61. The number of carbonyl (C=O) groups is 1. The van der Waals surface area contributed by atoms with Gasteiger partial charge in [-0.2, -0.15) is 0 Å². The van der Waals surface area contributed by atoms with Crippen molar-refractivity contribution in [2.24, 2.45) is 0 Å². The van der Waals surface area contributed by atoms with Gasteiger partial charge in [-0.15, -0.1) is 0 Å². The molecule has 3 rings (SSSR count). The van der Waals surface area contributed by atoms with E-state index in [2.05, 4.69) is 24.1 Å². The summed E-state index contributed by atoms with van der Waals surface area (Å²) in [4.78, 5) is 28.5. The van der Waals surface area contributed by atoms with E-state index in [-0.39, 0.29) is 37.0 Å². The lowest BCUT2D eigenvalue weighted by molar-refractivity contribution is -0.123. The van der Waals surface area contributed by atoms with E-state index >= 15 is 0 Å². The fourth-order valence-electron chi connectivity index (χ4n) is 2.84. The predicted molar refractivity (Wildman–Crippen MR) is 113 cm³/mol. The minimum absolute atomic E-state index is 0.0995. The van der Waals surface area contributed by atoms with E-state index in [4.69, 9.17) is 4.74 Å². The van der Waals surface area contributed by atoms with Crippen LogP contribution in [0.5, 0.6) is 5.75 Å². The maximum Gasteiger partial charge on any atom is 0.258 e. The number of carbonyl (C=O) groups excluding carboxylic acids is 1. The zero-order valence-electron chi connectivity index (χ0n) is 17.0. The molecule has 0 aliphatic carbocycles. The van der Waals surface area contributed by atoms with Crippen molar-refractivity contribution in [2.45, 2.75) is 26.3 Å². The van der Waals surface area contributed by atoms with Crippen molar-refractivity contribution in [3.8, 4) is 17.0 Å². The summed E-state index contributed by atoms with van der Waals surface area (Å²) in [6.45, 7) is 4.68. The molecule has 3 aromatic rings. The SMILES string of the molecule is CC(C)c1ccc(OCC(=O)NCCn2cnc(-c3ccc(F)cc3)cc2=O)cc1. The van der Waals surface area contributed by atoms with Gasteiger partial charge in [-0.1, -0.05) is 26.0 Å². The van der Waals surface area contributed by atoms with Gasteiger partial charge in [0.25, 0.3) is 11.5 Å². The number of halogens is 1. The molecular weight excluding hydrogens is 385 g/mol. The second kappa shape index (κ2) is 9.82. The molecule has 1 aromatic heterocycles. The molecule has 6 nitrogen and oxygen atoms in total. The van der Waals surface area contributed by atoms with Gasteiger partial charge in [0, 0.05) is 24.7 Å². The number of nitrogens with zero attached hydrogens (tertiary/aromatic N) is 2. The molecule has 0 spiro atoms. The minimum Gasteiger partial charge on any atom is -0.484 e. The standard InChI is InChI=1S/C23H24FN3O3/c1-16(2)17-5-9-20(10-6-17)30-14-22(28)25-11-12-27-15-26-21(13-23(27)29)18-3-7-19(24)8-4-18/h3-10,13,15-16H,11-12,14H2,1-2H3,(H,25,28). The highest BCUT2D eigenvalue weighted by Gasteiger charge is 2.06. The number of hydrogen-bond acceptors (Lipinski definition) is 4. The molecule has 2 aromatic carbocycles. The van der Waals surface area contributed by atoms with Gasteiger partial charge in [-0.3, -0.25) is 14.2 Å². The number of amides is 1. The molecule has 1 N–H and O–H groups in total. The Morgan fingerprint density at radius 1 is 1.13 bits per heavy atom. The summed E-state index contributed by atoms with van der Waals surface area (Å²) >= 11 is 0. The smallest absolute Gasteiger partial charge is 0.258 e. The van der Waals surface area contributed by atoms with Gasteiger partial charge in [0.2, 0.25) is 0 Å². The van der Waals surface area contributed by atoms with Gasteiger partial charge in [-0.25, -0.2) is 9.37 Å². The third-order valence-electron chi connectivity index (χ3n) is 4.61. The van der Waals surface area contributed by atoms with E-state index in [0.29, 0.717) is 22.9 Å². The lowest BCUT2D eigenvalue weighted by atomic mass is 10.0. The molecule has 0 aliphatic heterocycles. The summed E-state index contributed by atoms with van der Waals surface area (Å²) in [6.07, 6.45) is 1.42. The summed E-state index contributed by atoms with van der Waals surface area (Å²) in [7, 11) is 0. The first-order valence-electron chi connectivity index (χ1n) is 9.74. The van der Waals surface area contributed by atoms with Crippen molar-refractivity contribution < 1.29 is 13.9 Å². The van der Waals surface area contributed by atoms with Crippen molar-refractivity contribution in [1.82, 2.24) is 14.9 Å². The van der Waals surface area contributed by atoms with Gasteiger partial charge >= 0.3 is 0 Å². The van der Waals surface area contributed by atoms with Crippen LogP contribution >= 0.6 is 0 Å². The number of ether oxygens (including phenoxy) is 1. The van der Waals surface area contributed by atoms with Crippen molar-refractivity contribution in [3.63, 3.8) is 0 Å². The highest BCUT2D eigenvalue weighted by atomic mass is 19.1. The maximum absolute atomic E-state index is 13.0. The van der Waals surface area contributed by atoms with Crippen LogP contribution in [-0.2, 0) is 11.3 Å². The van der Waals surface area contributed by atoms with Crippen LogP contribution in [-0.4, -0.2) is 28.6 Å². The maximum atomic E-state index is 13.0. The first-order valence-corrected chi connectivity index (χ1v) is 9.74. The summed E-state index contributed by atoms with van der Waals surface area (Å²) in [6, 6.07) is 14.8. The number of hydrogen-bond donors (Lipinski definition) is 1. The Bertz CT molecular complexity index is 1040. The average Bonchev–Trinajstić information content (AvgIpc) is 2.74. The second-order valence-corrected chi connectivity index (χ2v) is 7.18. The summed E-state index contributed by atoms with van der Waals surface area (Å²) in [5.74, 6) is 0.447. The Balaban J connectivity index is 1.47. The zero-order valence-corrected chi connectivity index (χ0v) is 17.0. The fourth-order valence-corrected chi connectivity index (χ4v) is 2.84. The fraction of sp³-hybridized carbons (Fsp3) is 0.261. The molecule has 7 heteroatoms. The molecule has 0 unspecified atom stereocenters. The monoisotopic (exact) mass is 409 g/mol.